The molecule has 2 aromatic rings. The second-order valence-corrected chi connectivity index (χ2v) is 5.73. The molecule has 0 saturated carbocycles. The van der Waals surface area contributed by atoms with Gasteiger partial charge in [0, 0.05) is 11.1 Å². The molecule has 0 unspecified atom stereocenters. The van der Waals surface area contributed by atoms with E-state index in [1.807, 2.05) is 0 Å². The molecule has 0 N–H and O–H groups in total. The van der Waals surface area contributed by atoms with Gasteiger partial charge in [-0.1, -0.05) is 12.1 Å². The van der Waals surface area contributed by atoms with Gasteiger partial charge in [-0.15, -0.1) is 0 Å². The van der Waals surface area contributed by atoms with Crippen LogP contribution in [0.3, 0.4) is 0 Å². The van der Waals surface area contributed by atoms with E-state index in [4.69, 9.17) is 18.9 Å². The van der Waals surface area contributed by atoms with Crippen molar-refractivity contribution in [1.29, 1.82) is 0 Å². The zero-order chi connectivity index (χ0) is 17.6. The Morgan fingerprint density at radius 3 is 2.24 bits per heavy atom. The lowest BCUT2D eigenvalue weighted by Crippen LogP contribution is -2.23. The fourth-order valence-electron chi connectivity index (χ4n) is 3.35. The minimum atomic E-state index is -0.602. The first-order chi connectivity index (χ1) is 12.2. The fraction of sp³-hybridized carbons (Fsp3) is 0.263. The molecule has 1 aliphatic carbocycles. The highest BCUT2D eigenvalue weighted by Gasteiger charge is 2.37. The highest BCUT2D eigenvalue weighted by molar-refractivity contribution is 6.30. The first-order valence-corrected chi connectivity index (χ1v) is 7.88. The second-order valence-electron chi connectivity index (χ2n) is 5.73. The quantitative estimate of drug-likeness (QED) is 0.730. The van der Waals surface area contributed by atoms with Crippen LogP contribution in [0.15, 0.2) is 30.3 Å². The summed E-state index contributed by atoms with van der Waals surface area (Å²) in [7, 11) is 2.94. The van der Waals surface area contributed by atoms with Gasteiger partial charge in [0.15, 0.2) is 17.9 Å². The van der Waals surface area contributed by atoms with Crippen LogP contribution in [0, 0.1) is 0 Å². The van der Waals surface area contributed by atoms with Crippen LogP contribution < -0.4 is 9.47 Å². The van der Waals surface area contributed by atoms with E-state index < -0.39 is 6.29 Å². The number of carbonyl (C=O) groups is 2. The summed E-state index contributed by atoms with van der Waals surface area (Å²) in [6, 6.07) is 8.30. The Morgan fingerprint density at radius 2 is 1.56 bits per heavy atom. The van der Waals surface area contributed by atoms with E-state index in [9.17, 15) is 9.59 Å². The molecule has 25 heavy (non-hydrogen) atoms. The maximum atomic E-state index is 13.1. The average molecular weight is 340 g/mol. The highest BCUT2D eigenvalue weighted by atomic mass is 16.7. The number of methoxy groups -OCH3 is 2. The molecule has 0 amide bonds. The van der Waals surface area contributed by atoms with Crippen LogP contribution in [0.1, 0.15) is 43.7 Å². The Morgan fingerprint density at radius 1 is 0.880 bits per heavy atom. The van der Waals surface area contributed by atoms with Gasteiger partial charge in [0.2, 0.25) is 0 Å². The first-order valence-electron chi connectivity index (χ1n) is 7.88. The van der Waals surface area contributed by atoms with Crippen LogP contribution in [0.25, 0.3) is 0 Å². The van der Waals surface area contributed by atoms with E-state index in [1.54, 1.807) is 30.3 Å². The van der Waals surface area contributed by atoms with Gasteiger partial charge < -0.3 is 18.9 Å². The monoisotopic (exact) mass is 340 g/mol. The number of ether oxygens (including phenoxy) is 4. The molecule has 128 valence electrons. The van der Waals surface area contributed by atoms with Crippen LogP contribution in [-0.4, -0.2) is 39.0 Å². The molecule has 0 aromatic heterocycles. The molecule has 2 aromatic carbocycles. The number of rotatable bonds is 3. The average Bonchev–Trinajstić information content (AvgIpc) is 3.18. The Bertz CT molecular complexity index is 880. The van der Waals surface area contributed by atoms with Crippen molar-refractivity contribution < 1.29 is 28.5 Å². The van der Waals surface area contributed by atoms with Crippen molar-refractivity contribution >= 4 is 11.6 Å². The summed E-state index contributed by atoms with van der Waals surface area (Å²) in [5.41, 5.74) is 1.72. The summed E-state index contributed by atoms with van der Waals surface area (Å²) in [4.78, 5) is 26.1. The van der Waals surface area contributed by atoms with Crippen LogP contribution in [0.2, 0.25) is 0 Å². The van der Waals surface area contributed by atoms with E-state index in [-0.39, 0.29) is 22.7 Å². The van der Waals surface area contributed by atoms with Crippen LogP contribution in [0.4, 0.5) is 0 Å². The predicted octanol–water partition coefficient (Wildman–Crippen LogP) is 2.52. The van der Waals surface area contributed by atoms with Crippen molar-refractivity contribution in [2.45, 2.75) is 6.29 Å². The summed E-state index contributed by atoms with van der Waals surface area (Å²) in [6.45, 7) is 0.940. The molecule has 1 aliphatic heterocycles. The molecule has 4 rings (SSSR count). The summed E-state index contributed by atoms with van der Waals surface area (Å²) in [5, 5.41) is 0. The summed E-state index contributed by atoms with van der Waals surface area (Å²) in [6.07, 6.45) is -0.602. The first kappa shape index (κ1) is 15.8. The molecule has 6 nitrogen and oxygen atoms in total. The van der Waals surface area contributed by atoms with E-state index in [1.165, 1.54) is 14.2 Å². The third kappa shape index (κ3) is 2.26. The Labute approximate surface area is 144 Å². The smallest absolute Gasteiger partial charge is 0.198 e. The zero-order valence-electron chi connectivity index (χ0n) is 13.8. The van der Waals surface area contributed by atoms with E-state index >= 15 is 0 Å². The van der Waals surface area contributed by atoms with Crippen LogP contribution in [0.5, 0.6) is 11.5 Å². The normalized spacial score (nSPS) is 16.6. The molecule has 0 bridgehead atoms. The molecule has 0 atom stereocenters. The summed E-state index contributed by atoms with van der Waals surface area (Å²) >= 11 is 0. The topological polar surface area (TPSA) is 71.1 Å². The lowest BCUT2D eigenvalue weighted by molar-refractivity contribution is -0.0455. The lowest BCUT2D eigenvalue weighted by atomic mass is 9.82. The molecule has 1 fully saturated rings. The van der Waals surface area contributed by atoms with E-state index in [0.717, 1.165) is 0 Å². The summed E-state index contributed by atoms with van der Waals surface area (Å²) in [5.74, 6) is 0.156. The molecule has 6 heteroatoms. The molecule has 0 radical (unpaired) electrons. The minimum Gasteiger partial charge on any atom is -0.496 e. The Kier molecular flexibility index (Phi) is 3.78. The fourth-order valence-corrected chi connectivity index (χ4v) is 3.35. The molecule has 2 aliphatic rings. The summed E-state index contributed by atoms with van der Waals surface area (Å²) < 4.78 is 21.8. The molecular weight excluding hydrogens is 324 g/mol. The Hall–Kier alpha value is -2.70. The third-order valence-electron chi connectivity index (χ3n) is 4.46. The minimum absolute atomic E-state index is 0.241. The van der Waals surface area contributed by atoms with Gasteiger partial charge in [-0.05, 0) is 18.2 Å². The molecule has 1 heterocycles. The van der Waals surface area contributed by atoms with E-state index in [0.29, 0.717) is 41.4 Å². The standard InChI is InChI=1S/C19H16O6/c1-22-13-5-3-4-10-14(13)16(20)11-6-7-12(19-24-8-9-25-19)18(23-2)15(11)17(10)21/h3-7,19H,8-9H2,1-2H3. The van der Waals surface area contributed by atoms with Crippen molar-refractivity contribution in [1.82, 2.24) is 0 Å². The van der Waals surface area contributed by atoms with Gasteiger partial charge in [0.25, 0.3) is 0 Å². The van der Waals surface area contributed by atoms with Crippen LogP contribution in [-0.2, 0) is 9.47 Å². The maximum absolute atomic E-state index is 13.1. The van der Waals surface area contributed by atoms with E-state index in [2.05, 4.69) is 0 Å². The van der Waals surface area contributed by atoms with Gasteiger partial charge in [-0.2, -0.15) is 0 Å². The zero-order valence-corrected chi connectivity index (χ0v) is 13.8. The van der Waals surface area contributed by atoms with Crippen molar-refractivity contribution in [3.8, 4) is 11.5 Å². The van der Waals surface area contributed by atoms with Gasteiger partial charge >= 0.3 is 0 Å². The lowest BCUT2D eigenvalue weighted by Gasteiger charge is -2.23. The number of benzene rings is 2. The van der Waals surface area contributed by atoms with Gasteiger partial charge in [0.05, 0.1) is 44.1 Å². The highest BCUT2D eigenvalue weighted by Crippen LogP contribution is 2.41. The molecule has 1 saturated heterocycles. The maximum Gasteiger partial charge on any atom is 0.198 e. The number of hydrogen-bond acceptors (Lipinski definition) is 6. The van der Waals surface area contributed by atoms with Crippen molar-refractivity contribution in [2.75, 3.05) is 27.4 Å². The van der Waals surface area contributed by atoms with Gasteiger partial charge in [-0.25, -0.2) is 0 Å². The molecular formula is C19H16O6. The van der Waals surface area contributed by atoms with Gasteiger partial charge in [-0.3, -0.25) is 9.59 Å². The van der Waals surface area contributed by atoms with Gasteiger partial charge in [0.1, 0.15) is 11.5 Å². The number of fused-ring (bicyclic) bond motifs is 2. The predicted molar refractivity (Wildman–Crippen MR) is 87.5 cm³/mol. The van der Waals surface area contributed by atoms with Crippen molar-refractivity contribution in [3.05, 3.63) is 58.1 Å². The SMILES string of the molecule is COc1cccc2c1C(=O)c1ccc(C3OCCO3)c(OC)c1C2=O. The van der Waals surface area contributed by atoms with Crippen molar-refractivity contribution in [3.63, 3.8) is 0 Å². The second kappa shape index (κ2) is 5.98. The number of carbonyl (C=O) groups excluding carboxylic acids is 2. The Balaban J connectivity index is 1.94. The largest absolute Gasteiger partial charge is 0.496 e. The molecule has 0 spiro atoms. The number of ketones is 2. The van der Waals surface area contributed by atoms with Crippen molar-refractivity contribution in [2.24, 2.45) is 0 Å². The number of hydrogen-bond donors (Lipinski definition) is 0. The van der Waals surface area contributed by atoms with Crippen LogP contribution >= 0.6 is 0 Å². The third-order valence-corrected chi connectivity index (χ3v) is 4.46.